The quantitative estimate of drug-likeness (QED) is 0.241. The van der Waals surface area contributed by atoms with Crippen LogP contribution in [-0.4, -0.2) is 21.2 Å². The van der Waals surface area contributed by atoms with Gasteiger partial charge in [-0.1, -0.05) is 61.1 Å². The number of rotatable bonds is 8. The summed E-state index contributed by atoms with van der Waals surface area (Å²) in [6, 6.07) is 25.0. The molecule has 0 aliphatic carbocycles. The molecule has 39 heavy (non-hydrogen) atoms. The number of aryl methyl sites for hydroxylation is 2. The smallest absolute Gasteiger partial charge is 0.274 e. The number of ether oxygens (including phenoxy) is 1. The standard InChI is InChI=1S/C30H26N4O4S/c1-3-9-21-18-25(35)34-26(28(36)33-24-13-8-7-10-19(24)2)27(39-30(34)32-21)29(37)31-20-14-16-23(17-15-20)38-22-11-5-4-6-12-22/h4-8,10-18H,3,9H2,1-2H3,(H,31,37)(H,33,36). The van der Waals surface area contributed by atoms with Crippen molar-refractivity contribution in [1.29, 1.82) is 0 Å². The first-order valence-corrected chi connectivity index (χ1v) is 13.3. The van der Waals surface area contributed by atoms with Crippen molar-refractivity contribution in [3.63, 3.8) is 0 Å². The van der Waals surface area contributed by atoms with Gasteiger partial charge in [-0.05, 0) is 61.4 Å². The summed E-state index contributed by atoms with van der Waals surface area (Å²) in [5, 5.41) is 5.68. The summed E-state index contributed by atoms with van der Waals surface area (Å²) in [7, 11) is 0. The van der Waals surface area contributed by atoms with Gasteiger partial charge in [0.25, 0.3) is 17.4 Å². The van der Waals surface area contributed by atoms with Gasteiger partial charge in [0.2, 0.25) is 0 Å². The Kier molecular flexibility index (Phi) is 7.51. The van der Waals surface area contributed by atoms with Gasteiger partial charge in [-0.15, -0.1) is 0 Å². The maximum Gasteiger partial charge on any atom is 0.274 e. The van der Waals surface area contributed by atoms with E-state index in [1.165, 1.54) is 10.5 Å². The van der Waals surface area contributed by atoms with Crippen molar-refractivity contribution in [3.05, 3.63) is 117 Å². The molecule has 0 unspecified atom stereocenters. The fourth-order valence-electron chi connectivity index (χ4n) is 4.08. The number of para-hydroxylation sites is 2. The lowest BCUT2D eigenvalue weighted by molar-refractivity contribution is 0.0989. The van der Waals surface area contributed by atoms with E-state index >= 15 is 0 Å². The Bertz CT molecular complexity index is 1710. The van der Waals surface area contributed by atoms with E-state index in [4.69, 9.17) is 4.74 Å². The Hall–Kier alpha value is -4.76. The third-order valence-corrected chi connectivity index (χ3v) is 7.02. The Labute approximate surface area is 228 Å². The third kappa shape index (κ3) is 5.73. The number of thiazole rings is 1. The average molecular weight is 539 g/mol. The largest absolute Gasteiger partial charge is 0.457 e. The van der Waals surface area contributed by atoms with Crippen molar-refractivity contribution < 1.29 is 14.3 Å². The van der Waals surface area contributed by atoms with Crippen LogP contribution < -0.4 is 20.9 Å². The highest BCUT2D eigenvalue weighted by atomic mass is 32.1. The third-order valence-electron chi connectivity index (χ3n) is 5.98. The van der Waals surface area contributed by atoms with Gasteiger partial charge >= 0.3 is 0 Å². The highest BCUT2D eigenvalue weighted by molar-refractivity contribution is 7.19. The Morgan fingerprint density at radius 3 is 2.31 bits per heavy atom. The molecule has 0 atom stereocenters. The molecule has 9 heteroatoms. The molecule has 0 saturated carbocycles. The number of hydrogen-bond donors (Lipinski definition) is 2. The first-order chi connectivity index (χ1) is 18.9. The molecule has 2 heterocycles. The summed E-state index contributed by atoms with van der Waals surface area (Å²) in [6.07, 6.45) is 1.43. The molecule has 0 spiro atoms. The van der Waals surface area contributed by atoms with Gasteiger partial charge in [-0.2, -0.15) is 0 Å². The van der Waals surface area contributed by atoms with Crippen LogP contribution in [0.1, 0.15) is 44.8 Å². The summed E-state index contributed by atoms with van der Waals surface area (Å²) in [5.41, 5.74) is 2.11. The van der Waals surface area contributed by atoms with Crippen molar-refractivity contribution in [2.24, 2.45) is 0 Å². The number of carbonyl (C=O) groups is 2. The molecule has 0 radical (unpaired) electrons. The van der Waals surface area contributed by atoms with E-state index in [2.05, 4.69) is 15.6 Å². The van der Waals surface area contributed by atoms with Crippen molar-refractivity contribution >= 4 is 39.5 Å². The molecule has 2 amide bonds. The van der Waals surface area contributed by atoms with Crippen LogP contribution in [0.25, 0.3) is 4.96 Å². The van der Waals surface area contributed by atoms with Crippen molar-refractivity contribution in [2.75, 3.05) is 10.6 Å². The molecule has 2 aromatic heterocycles. The molecular weight excluding hydrogens is 512 g/mol. The number of nitrogens with zero attached hydrogens (tertiary/aromatic N) is 2. The topological polar surface area (TPSA) is 102 Å². The molecule has 8 nitrogen and oxygen atoms in total. The van der Waals surface area contributed by atoms with E-state index < -0.39 is 17.4 Å². The second kappa shape index (κ2) is 11.3. The summed E-state index contributed by atoms with van der Waals surface area (Å²) in [5.74, 6) is 0.218. The molecule has 3 aromatic carbocycles. The number of benzene rings is 3. The molecule has 0 fully saturated rings. The van der Waals surface area contributed by atoms with E-state index in [-0.39, 0.29) is 15.5 Å². The second-order valence-corrected chi connectivity index (χ2v) is 9.87. The summed E-state index contributed by atoms with van der Waals surface area (Å²) < 4.78 is 7.03. The molecule has 0 bridgehead atoms. The van der Waals surface area contributed by atoms with Crippen molar-refractivity contribution in [3.8, 4) is 11.5 Å². The lowest BCUT2D eigenvalue weighted by Gasteiger charge is -2.10. The van der Waals surface area contributed by atoms with Crippen LogP contribution in [-0.2, 0) is 6.42 Å². The normalized spacial score (nSPS) is 10.8. The van der Waals surface area contributed by atoms with Crippen LogP contribution in [0.15, 0.2) is 89.7 Å². The lowest BCUT2D eigenvalue weighted by atomic mass is 10.2. The average Bonchev–Trinajstić information content (AvgIpc) is 3.32. The van der Waals surface area contributed by atoms with Gasteiger partial charge in [0.15, 0.2) is 4.96 Å². The van der Waals surface area contributed by atoms with E-state index in [1.54, 1.807) is 36.4 Å². The predicted octanol–water partition coefficient (Wildman–Crippen LogP) is 6.31. The first kappa shape index (κ1) is 25.9. The minimum Gasteiger partial charge on any atom is -0.457 e. The van der Waals surface area contributed by atoms with E-state index in [0.29, 0.717) is 35.0 Å². The maximum absolute atomic E-state index is 13.5. The van der Waals surface area contributed by atoms with Gasteiger partial charge in [0.05, 0.1) is 0 Å². The summed E-state index contributed by atoms with van der Waals surface area (Å²) >= 11 is 1.01. The molecular formula is C30H26N4O4S. The number of amides is 2. The van der Waals surface area contributed by atoms with Gasteiger partial charge in [-0.3, -0.25) is 14.4 Å². The lowest BCUT2D eigenvalue weighted by Crippen LogP contribution is -2.25. The van der Waals surface area contributed by atoms with Gasteiger partial charge in [-0.25, -0.2) is 9.38 Å². The molecule has 0 aliphatic rings. The zero-order valence-electron chi connectivity index (χ0n) is 21.4. The first-order valence-electron chi connectivity index (χ1n) is 12.5. The maximum atomic E-state index is 13.5. The Morgan fingerprint density at radius 2 is 1.59 bits per heavy atom. The van der Waals surface area contributed by atoms with Crippen LogP contribution in [0.4, 0.5) is 11.4 Å². The van der Waals surface area contributed by atoms with Crippen LogP contribution in [0.2, 0.25) is 0 Å². The molecule has 196 valence electrons. The summed E-state index contributed by atoms with van der Waals surface area (Å²) in [6.45, 7) is 3.86. The molecule has 2 N–H and O–H groups in total. The molecule has 0 saturated heterocycles. The number of anilines is 2. The predicted molar refractivity (Wildman–Crippen MR) is 153 cm³/mol. The van der Waals surface area contributed by atoms with Gasteiger partial charge < -0.3 is 15.4 Å². The van der Waals surface area contributed by atoms with Crippen LogP contribution >= 0.6 is 11.3 Å². The highest BCUT2D eigenvalue weighted by Crippen LogP contribution is 2.26. The van der Waals surface area contributed by atoms with Crippen LogP contribution in [0.3, 0.4) is 0 Å². The van der Waals surface area contributed by atoms with Gasteiger partial charge in [0, 0.05) is 23.1 Å². The zero-order valence-corrected chi connectivity index (χ0v) is 22.2. The van der Waals surface area contributed by atoms with Crippen LogP contribution in [0, 0.1) is 6.92 Å². The zero-order chi connectivity index (χ0) is 27.4. The summed E-state index contributed by atoms with van der Waals surface area (Å²) in [4.78, 5) is 45.0. The molecule has 0 aliphatic heterocycles. The van der Waals surface area contributed by atoms with Crippen molar-refractivity contribution in [2.45, 2.75) is 26.7 Å². The number of nitrogens with one attached hydrogen (secondary N) is 2. The number of aromatic nitrogens is 2. The van der Waals surface area contributed by atoms with Gasteiger partial charge in [0.1, 0.15) is 22.1 Å². The molecule has 5 aromatic rings. The monoisotopic (exact) mass is 538 g/mol. The van der Waals surface area contributed by atoms with E-state index in [1.807, 2.05) is 56.3 Å². The fourth-order valence-corrected chi connectivity index (χ4v) is 5.12. The van der Waals surface area contributed by atoms with Crippen molar-refractivity contribution in [1.82, 2.24) is 9.38 Å². The van der Waals surface area contributed by atoms with E-state index in [9.17, 15) is 14.4 Å². The van der Waals surface area contributed by atoms with Crippen LogP contribution in [0.5, 0.6) is 11.5 Å². The second-order valence-electron chi connectivity index (χ2n) is 8.90. The minimum absolute atomic E-state index is 0.0552. The Balaban J connectivity index is 1.47. The minimum atomic E-state index is -0.570. The fraction of sp³-hybridized carbons (Fsp3) is 0.133. The Morgan fingerprint density at radius 1 is 0.897 bits per heavy atom. The molecule has 5 rings (SSSR count). The number of fused-ring (bicyclic) bond motifs is 1. The number of carbonyl (C=O) groups excluding carboxylic acids is 2. The van der Waals surface area contributed by atoms with E-state index in [0.717, 1.165) is 23.3 Å². The highest BCUT2D eigenvalue weighted by Gasteiger charge is 2.27. The SMILES string of the molecule is CCCc1cc(=O)n2c(C(=O)Nc3ccccc3C)c(C(=O)Nc3ccc(Oc4ccccc4)cc3)sc2n1. The number of hydrogen-bond acceptors (Lipinski definition) is 6.